The Balaban J connectivity index is 2.03. The summed E-state index contributed by atoms with van der Waals surface area (Å²) in [5.41, 5.74) is 7.49. The molecule has 1 aliphatic heterocycles. The van der Waals surface area contributed by atoms with Gasteiger partial charge in [-0.2, -0.15) is 5.10 Å². The van der Waals surface area contributed by atoms with E-state index < -0.39 is 0 Å². The van der Waals surface area contributed by atoms with Crippen LogP contribution < -0.4 is 16.0 Å². The molecule has 1 aromatic carbocycles. The van der Waals surface area contributed by atoms with E-state index in [1.54, 1.807) is 0 Å². The number of benzene rings is 1. The standard InChI is InChI=1S/C14H18N4O/c1-9-8-16-18(2)14(9)13(17-15)11-3-4-12-10(7-11)5-6-19-12/h3-4,7-8,13,17H,5-6,15H2,1-2H3. The fraction of sp³-hybridized carbons (Fsp3) is 0.357. The van der Waals surface area contributed by atoms with E-state index in [-0.39, 0.29) is 6.04 Å². The molecular weight excluding hydrogens is 240 g/mol. The molecule has 1 aromatic heterocycles. The van der Waals surface area contributed by atoms with Gasteiger partial charge in [0, 0.05) is 13.5 Å². The minimum atomic E-state index is -0.0570. The number of rotatable bonds is 3. The summed E-state index contributed by atoms with van der Waals surface area (Å²) in [5, 5.41) is 4.28. The summed E-state index contributed by atoms with van der Waals surface area (Å²) in [5.74, 6) is 6.74. The highest BCUT2D eigenvalue weighted by Gasteiger charge is 2.21. The molecule has 0 spiro atoms. The van der Waals surface area contributed by atoms with Crippen molar-refractivity contribution in [3.8, 4) is 5.75 Å². The largest absolute Gasteiger partial charge is 0.493 e. The van der Waals surface area contributed by atoms with Gasteiger partial charge in [-0.1, -0.05) is 6.07 Å². The van der Waals surface area contributed by atoms with Gasteiger partial charge >= 0.3 is 0 Å². The molecule has 100 valence electrons. The van der Waals surface area contributed by atoms with Crippen LogP contribution in [0.15, 0.2) is 24.4 Å². The Labute approximate surface area is 112 Å². The third-order valence-corrected chi connectivity index (χ3v) is 3.66. The molecule has 5 nitrogen and oxygen atoms in total. The fourth-order valence-electron chi connectivity index (χ4n) is 2.69. The number of fused-ring (bicyclic) bond motifs is 1. The highest BCUT2D eigenvalue weighted by molar-refractivity contribution is 5.43. The van der Waals surface area contributed by atoms with Crippen LogP contribution in [0.1, 0.15) is 28.4 Å². The zero-order chi connectivity index (χ0) is 13.4. The lowest BCUT2D eigenvalue weighted by molar-refractivity contribution is 0.356. The molecule has 0 fully saturated rings. The number of aromatic nitrogens is 2. The van der Waals surface area contributed by atoms with Crippen molar-refractivity contribution in [2.75, 3.05) is 6.61 Å². The van der Waals surface area contributed by atoms with Crippen LogP contribution in [0.2, 0.25) is 0 Å². The van der Waals surface area contributed by atoms with Gasteiger partial charge in [-0.15, -0.1) is 0 Å². The van der Waals surface area contributed by atoms with Gasteiger partial charge in [0.25, 0.3) is 0 Å². The predicted molar refractivity (Wildman–Crippen MR) is 72.8 cm³/mol. The summed E-state index contributed by atoms with van der Waals surface area (Å²) in [6.07, 6.45) is 2.82. The maximum atomic E-state index is 5.76. The monoisotopic (exact) mass is 258 g/mol. The summed E-state index contributed by atoms with van der Waals surface area (Å²) < 4.78 is 7.40. The van der Waals surface area contributed by atoms with Crippen LogP contribution in [0.4, 0.5) is 0 Å². The summed E-state index contributed by atoms with van der Waals surface area (Å²) in [6.45, 7) is 2.81. The highest BCUT2D eigenvalue weighted by Crippen LogP contribution is 2.31. The molecule has 3 N–H and O–H groups in total. The molecule has 1 unspecified atom stereocenters. The fourth-order valence-corrected chi connectivity index (χ4v) is 2.69. The van der Waals surface area contributed by atoms with E-state index in [0.29, 0.717) is 0 Å². The lowest BCUT2D eigenvalue weighted by Crippen LogP contribution is -2.31. The quantitative estimate of drug-likeness (QED) is 0.641. The topological polar surface area (TPSA) is 65.1 Å². The van der Waals surface area contributed by atoms with Crippen molar-refractivity contribution < 1.29 is 4.74 Å². The van der Waals surface area contributed by atoms with Crippen LogP contribution in [0.3, 0.4) is 0 Å². The zero-order valence-corrected chi connectivity index (χ0v) is 11.2. The van der Waals surface area contributed by atoms with Crippen molar-refractivity contribution in [1.29, 1.82) is 0 Å². The Hall–Kier alpha value is -1.85. The van der Waals surface area contributed by atoms with E-state index >= 15 is 0 Å². The summed E-state index contributed by atoms with van der Waals surface area (Å²) in [7, 11) is 1.93. The number of nitrogens with one attached hydrogen (secondary N) is 1. The number of ether oxygens (including phenoxy) is 1. The summed E-state index contributed by atoms with van der Waals surface area (Å²) in [4.78, 5) is 0. The zero-order valence-electron chi connectivity index (χ0n) is 11.2. The molecule has 0 radical (unpaired) electrons. The molecule has 1 atom stereocenters. The number of aryl methyl sites for hydroxylation is 2. The van der Waals surface area contributed by atoms with Gasteiger partial charge in [-0.05, 0) is 35.7 Å². The number of nitrogens with zero attached hydrogens (tertiary/aromatic N) is 2. The van der Waals surface area contributed by atoms with Gasteiger partial charge in [0.1, 0.15) is 5.75 Å². The average molecular weight is 258 g/mol. The number of nitrogens with two attached hydrogens (primary N) is 1. The van der Waals surface area contributed by atoms with Crippen molar-refractivity contribution in [2.45, 2.75) is 19.4 Å². The van der Waals surface area contributed by atoms with E-state index in [4.69, 9.17) is 10.6 Å². The average Bonchev–Trinajstić information content (AvgIpc) is 3.00. The van der Waals surface area contributed by atoms with Gasteiger partial charge in [0.2, 0.25) is 0 Å². The Morgan fingerprint density at radius 1 is 1.47 bits per heavy atom. The van der Waals surface area contributed by atoms with Crippen LogP contribution >= 0.6 is 0 Å². The maximum Gasteiger partial charge on any atom is 0.122 e. The Morgan fingerprint density at radius 3 is 3.00 bits per heavy atom. The van der Waals surface area contributed by atoms with Gasteiger partial charge in [-0.25, -0.2) is 5.43 Å². The molecule has 1 aliphatic rings. The summed E-state index contributed by atoms with van der Waals surface area (Å²) >= 11 is 0. The molecule has 2 heterocycles. The van der Waals surface area contributed by atoms with Crippen LogP contribution in [0, 0.1) is 6.92 Å². The SMILES string of the molecule is Cc1cnn(C)c1C(NN)c1ccc2c(c1)CCO2. The van der Waals surface area contributed by atoms with Gasteiger partial charge in [-0.3, -0.25) is 10.5 Å². The molecule has 0 aliphatic carbocycles. The first-order chi connectivity index (χ1) is 9.20. The Morgan fingerprint density at radius 2 is 2.32 bits per heavy atom. The van der Waals surface area contributed by atoms with E-state index in [1.807, 2.05) is 30.9 Å². The van der Waals surface area contributed by atoms with E-state index in [0.717, 1.165) is 35.6 Å². The van der Waals surface area contributed by atoms with Crippen LogP contribution in [-0.4, -0.2) is 16.4 Å². The maximum absolute atomic E-state index is 5.76. The number of hydrogen-bond donors (Lipinski definition) is 2. The molecule has 3 rings (SSSR count). The molecule has 0 amide bonds. The van der Waals surface area contributed by atoms with Gasteiger partial charge < -0.3 is 4.74 Å². The smallest absolute Gasteiger partial charge is 0.122 e. The molecule has 5 heteroatoms. The van der Waals surface area contributed by atoms with Crippen molar-refractivity contribution >= 4 is 0 Å². The van der Waals surface area contributed by atoms with Crippen LogP contribution in [-0.2, 0) is 13.5 Å². The number of hydrogen-bond acceptors (Lipinski definition) is 4. The number of hydrazine groups is 1. The highest BCUT2D eigenvalue weighted by atomic mass is 16.5. The van der Waals surface area contributed by atoms with Crippen LogP contribution in [0.5, 0.6) is 5.75 Å². The first-order valence-electron chi connectivity index (χ1n) is 6.41. The molecule has 0 saturated carbocycles. The molecule has 0 saturated heterocycles. The second-order valence-corrected chi connectivity index (χ2v) is 4.90. The molecule has 19 heavy (non-hydrogen) atoms. The Bertz CT molecular complexity index is 586. The second-order valence-electron chi connectivity index (χ2n) is 4.90. The first kappa shape index (κ1) is 12.2. The third kappa shape index (κ3) is 2.01. The van der Waals surface area contributed by atoms with E-state index in [9.17, 15) is 0 Å². The normalized spacial score (nSPS) is 15.1. The predicted octanol–water partition coefficient (Wildman–Crippen LogP) is 1.22. The minimum absolute atomic E-state index is 0.0570. The summed E-state index contributed by atoms with van der Waals surface area (Å²) in [6, 6.07) is 6.19. The van der Waals surface area contributed by atoms with Crippen molar-refractivity contribution in [1.82, 2.24) is 15.2 Å². The lowest BCUT2D eigenvalue weighted by atomic mass is 9.99. The van der Waals surface area contributed by atoms with Crippen molar-refractivity contribution in [2.24, 2.45) is 12.9 Å². The first-order valence-corrected chi connectivity index (χ1v) is 6.41. The van der Waals surface area contributed by atoms with Gasteiger partial charge in [0.05, 0.1) is 24.5 Å². The van der Waals surface area contributed by atoms with Crippen molar-refractivity contribution in [3.63, 3.8) is 0 Å². The molecular formula is C14H18N4O. The van der Waals surface area contributed by atoms with E-state index in [2.05, 4.69) is 22.7 Å². The minimum Gasteiger partial charge on any atom is -0.493 e. The lowest BCUT2D eigenvalue weighted by Gasteiger charge is -2.18. The molecule has 2 aromatic rings. The van der Waals surface area contributed by atoms with E-state index in [1.165, 1.54) is 5.56 Å². The third-order valence-electron chi connectivity index (χ3n) is 3.66. The molecule has 0 bridgehead atoms. The van der Waals surface area contributed by atoms with Crippen molar-refractivity contribution in [3.05, 3.63) is 46.8 Å². The van der Waals surface area contributed by atoms with Crippen LogP contribution in [0.25, 0.3) is 0 Å². The van der Waals surface area contributed by atoms with Gasteiger partial charge in [0.15, 0.2) is 0 Å². The Kier molecular flexibility index (Phi) is 3.00. The second kappa shape index (κ2) is 4.68.